The van der Waals surface area contributed by atoms with Gasteiger partial charge in [0, 0.05) is 18.1 Å². The van der Waals surface area contributed by atoms with E-state index in [9.17, 15) is 14.0 Å². The Labute approximate surface area is 188 Å². The monoisotopic (exact) mass is 451 g/mol. The van der Waals surface area contributed by atoms with Crippen molar-refractivity contribution in [1.29, 1.82) is 0 Å². The van der Waals surface area contributed by atoms with Crippen LogP contribution >= 0.6 is 11.8 Å². The van der Waals surface area contributed by atoms with Crippen LogP contribution in [0.5, 0.6) is 0 Å². The summed E-state index contributed by atoms with van der Waals surface area (Å²) in [6.07, 6.45) is 3.74. The van der Waals surface area contributed by atoms with Crippen molar-refractivity contribution in [1.82, 2.24) is 19.2 Å². The standard InChI is InChI=1S/C23H22FN5O2S/c1-4-18(21(30)25-19-14(2)7-5-8-15(19)3)32-23-27-26-20-22(31)28(11-12-29(20)23)17-10-6-9-16(24)13-17/h5-13,18H,4H2,1-3H3,(H,25,30)/t18-/m0/s1. The summed E-state index contributed by atoms with van der Waals surface area (Å²) in [4.78, 5) is 25.8. The van der Waals surface area contributed by atoms with Crippen molar-refractivity contribution in [3.8, 4) is 5.69 Å². The van der Waals surface area contributed by atoms with Crippen molar-refractivity contribution in [3.63, 3.8) is 0 Å². The fourth-order valence-corrected chi connectivity index (χ4v) is 4.38. The topological polar surface area (TPSA) is 81.3 Å². The smallest absolute Gasteiger partial charge is 0.300 e. The van der Waals surface area contributed by atoms with Gasteiger partial charge in [0.05, 0.1) is 10.9 Å². The number of nitrogens with zero attached hydrogens (tertiary/aromatic N) is 4. The average Bonchev–Trinajstić information content (AvgIpc) is 3.18. The number of fused-ring (bicyclic) bond motifs is 1. The summed E-state index contributed by atoms with van der Waals surface area (Å²) in [7, 11) is 0. The number of anilines is 1. The number of amides is 1. The molecule has 0 fully saturated rings. The number of rotatable bonds is 6. The Morgan fingerprint density at radius 1 is 1.12 bits per heavy atom. The van der Waals surface area contributed by atoms with Crippen LogP contribution in [-0.4, -0.2) is 30.3 Å². The molecule has 1 atom stereocenters. The zero-order valence-corrected chi connectivity index (χ0v) is 18.7. The van der Waals surface area contributed by atoms with Crippen molar-refractivity contribution < 1.29 is 9.18 Å². The highest BCUT2D eigenvalue weighted by atomic mass is 32.2. The highest BCUT2D eigenvalue weighted by molar-refractivity contribution is 8.00. The third-order valence-corrected chi connectivity index (χ3v) is 6.49. The van der Waals surface area contributed by atoms with E-state index in [1.807, 2.05) is 39.0 Å². The fraction of sp³-hybridized carbons (Fsp3) is 0.217. The maximum atomic E-state index is 13.6. The fourth-order valence-electron chi connectivity index (χ4n) is 3.44. The number of halogens is 1. The lowest BCUT2D eigenvalue weighted by Crippen LogP contribution is -2.26. The first-order valence-corrected chi connectivity index (χ1v) is 11.0. The van der Waals surface area contributed by atoms with Gasteiger partial charge in [-0.2, -0.15) is 0 Å². The zero-order chi connectivity index (χ0) is 22.8. The van der Waals surface area contributed by atoms with Crippen LogP contribution in [0, 0.1) is 19.7 Å². The summed E-state index contributed by atoms with van der Waals surface area (Å²) in [6, 6.07) is 11.6. The number of aryl methyl sites for hydroxylation is 2. The lowest BCUT2D eigenvalue weighted by atomic mass is 10.1. The Bertz CT molecular complexity index is 1340. The normalized spacial score (nSPS) is 12.1. The number of para-hydroxylation sites is 1. The molecular weight excluding hydrogens is 429 g/mol. The minimum Gasteiger partial charge on any atom is -0.325 e. The highest BCUT2D eigenvalue weighted by Crippen LogP contribution is 2.27. The Morgan fingerprint density at radius 2 is 1.84 bits per heavy atom. The zero-order valence-electron chi connectivity index (χ0n) is 17.9. The lowest BCUT2D eigenvalue weighted by Gasteiger charge is -2.16. The molecule has 7 nitrogen and oxygen atoms in total. The molecule has 0 saturated carbocycles. The molecule has 0 radical (unpaired) electrons. The maximum Gasteiger partial charge on any atom is 0.300 e. The molecule has 164 valence electrons. The molecule has 2 aromatic carbocycles. The van der Waals surface area contributed by atoms with Crippen LogP contribution in [0.4, 0.5) is 10.1 Å². The number of carbonyl (C=O) groups excluding carboxylic acids is 1. The molecule has 4 aromatic rings. The molecule has 4 rings (SSSR count). The second-order valence-corrected chi connectivity index (χ2v) is 8.57. The van der Waals surface area contributed by atoms with Gasteiger partial charge in [-0.25, -0.2) is 4.39 Å². The number of carbonyl (C=O) groups is 1. The first-order valence-electron chi connectivity index (χ1n) is 10.1. The molecular formula is C23H22FN5O2S. The van der Waals surface area contributed by atoms with Crippen molar-refractivity contribution in [3.05, 3.63) is 82.2 Å². The van der Waals surface area contributed by atoms with Gasteiger partial charge in [0.2, 0.25) is 11.6 Å². The molecule has 0 bridgehead atoms. The van der Waals surface area contributed by atoms with Gasteiger partial charge in [-0.3, -0.25) is 18.6 Å². The summed E-state index contributed by atoms with van der Waals surface area (Å²) in [5, 5.41) is 11.2. The van der Waals surface area contributed by atoms with Gasteiger partial charge in [-0.05, 0) is 49.6 Å². The van der Waals surface area contributed by atoms with E-state index in [0.29, 0.717) is 17.3 Å². The minimum atomic E-state index is -0.437. The Balaban J connectivity index is 1.61. The molecule has 9 heteroatoms. The van der Waals surface area contributed by atoms with E-state index in [2.05, 4.69) is 15.5 Å². The molecule has 0 aliphatic carbocycles. The van der Waals surface area contributed by atoms with Gasteiger partial charge < -0.3 is 5.32 Å². The highest BCUT2D eigenvalue weighted by Gasteiger charge is 2.23. The van der Waals surface area contributed by atoms with Gasteiger partial charge in [0.25, 0.3) is 0 Å². The third kappa shape index (κ3) is 4.16. The summed E-state index contributed by atoms with van der Waals surface area (Å²) < 4.78 is 16.4. The number of nitrogens with one attached hydrogen (secondary N) is 1. The van der Waals surface area contributed by atoms with E-state index in [4.69, 9.17) is 0 Å². The molecule has 0 aliphatic rings. The Hall–Kier alpha value is -3.46. The second kappa shape index (κ2) is 8.96. The van der Waals surface area contributed by atoms with E-state index in [-0.39, 0.29) is 11.6 Å². The summed E-state index contributed by atoms with van der Waals surface area (Å²) in [5.74, 6) is -0.576. The van der Waals surface area contributed by atoms with Crippen molar-refractivity contribution in [2.24, 2.45) is 0 Å². The molecule has 0 saturated heterocycles. The summed E-state index contributed by atoms with van der Waals surface area (Å²) in [6.45, 7) is 5.82. The molecule has 0 spiro atoms. The van der Waals surface area contributed by atoms with Gasteiger partial charge in [0.1, 0.15) is 5.82 Å². The van der Waals surface area contributed by atoms with E-state index in [0.717, 1.165) is 16.8 Å². The molecule has 0 aliphatic heterocycles. The van der Waals surface area contributed by atoms with Gasteiger partial charge in [0.15, 0.2) is 5.16 Å². The lowest BCUT2D eigenvalue weighted by molar-refractivity contribution is -0.115. The Kier molecular flexibility index (Phi) is 6.09. The number of benzene rings is 2. The predicted octanol–water partition coefficient (Wildman–Crippen LogP) is 4.15. The summed E-state index contributed by atoms with van der Waals surface area (Å²) >= 11 is 1.25. The third-order valence-electron chi connectivity index (χ3n) is 5.17. The van der Waals surface area contributed by atoms with E-state index in [1.54, 1.807) is 16.7 Å². The second-order valence-electron chi connectivity index (χ2n) is 7.40. The molecule has 1 N–H and O–H groups in total. The van der Waals surface area contributed by atoms with Gasteiger partial charge in [-0.15, -0.1) is 10.2 Å². The Morgan fingerprint density at radius 3 is 2.53 bits per heavy atom. The largest absolute Gasteiger partial charge is 0.325 e. The van der Waals surface area contributed by atoms with Crippen LogP contribution < -0.4 is 10.9 Å². The molecule has 1 amide bonds. The van der Waals surface area contributed by atoms with Crippen molar-refractivity contribution >= 4 is 29.0 Å². The number of aromatic nitrogens is 4. The van der Waals surface area contributed by atoms with E-state index >= 15 is 0 Å². The quantitative estimate of drug-likeness (QED) is 0.446. The van der Waals surface area contributed by atoms with E-state index < -0.39 is 16.6 Å². The van der Waals surface area contributed by atoms with E-state index in [1.165, 1.54) is 40.7 Å². The number of hydrogen-bond acceptors (Lipinski definition) is 5. The average molecular weight is 452 g/mol. The maximum absolute atomic E-state index is 13.6. The van der Waals surface area contributed by atoms with Crippen molar-refractivity contribution in [2.75, 3.05) is 5.32 Å². The minimum absolute atomic E-state index is 0.101. The number of hydrogen-bond donors (Lipinski definition) is 1. The van der Waals surface area contributed by atoms with Crippen molar-refractivity contribution in [2.45, 2.75) is 37.6 Å². The molecule has 2 aromatic heterocycles. The number of thioether (sulfide) groups is 1. The first kappa shape index (κ1) is 21.8. The van der Waals surface area contributed by atoms with Crippen LogP contribution in [-0.2, 0) is 4.79 Å². The van der Waals surface area contributed by atoms with Crippen LogP contribution in [0.25, 0.3) is 11.3 Å². The van der Waals surface area contributed by atoms with Crippen LogP contribution in [0.1, 0.15) is 24.5 Å². The van der Waals surface area contributed by atoms with Crippen LogP contribution in [0.3, 0.4) is 0 Å². The van der Waals surface area contributed by atoms with Crippen LogP contribution in [0.2, 0.25) is 0 Å². The first-order chi connectivity index (χ1) is 15.4. The SMILES string of the molecule is CC[C@H](Sc1nnc2c(=O)n(-c3cccc(F)c3)ccn12)C(=O)Nc1c(C)cccc1C. The molecule has 2 heterocycles. The van der Waals surface area contributed by atoms with Gasteiger partial charge in [-0.1, -0.05) is 43.0 Å². The molecule has 32 heavy (non-hydrogen) atoms. The van der Waals surface area contributed by atoms with Crippen LogP contribution in [0.15, 0.2) is 64.8 Å². The van der Waals surface area contributed by atoms with Gasteiger partial charge >= 0.3 is 5.56 Å². The molecule has 0 unspecified atom stereocenters. The summed E-state index contributed by atoms with van der Waals surface area (Å²) in [5.41, 5.74) is 2.86. The predicted molar refractivity (Wildman–Crippen MR) is 123 cm³/mol.